The number of amides is 1. The number of piperidine rings is 1. The number of carbonyl (C=O) groups excluding carboxylic acids is 1. The quantitative estimate of drug-likeness (QED) is 0.229. The van der Waals surface area contributed by atoms with Crippen molar-refractivity contribution in [3.8, 4) is 0 Å². The number of rotatable bonds is 8. The first kappa shape index (κ1) is 26.0. The molecule has 6 nitrogen and oxygen atoms in total. The van der Waals surface area contributed by atoms with E-state index in [9.17, 15) is 4.79 Å². The Bertz CT molecular complexity index is 1150. The van der Waals surface area contributed by atoms with Crippen molar-refractivity contribution in [2.24, 2.45) is 5.92 Å². The van der Waals surface area contributed by atoms with E-state index in [4.69, 9.17) is 16.6 Å². The van der Waals surface area contributed by atoms with Gasteiger partial charge in [-0.25, -0.2) is 9.97 Å². The predicted octanol–water partition coefficient (Wildman–Crippen LogP) is 5.03. The first-order valence-electron chi connectivity index (χ1n) is 13.1. The fraction of sp³-hybridized carbons (Fsp3) is 0.414. The van der Waals surface area contributed by atoms with E-state index in [0.717, 1.165) is 70.9 Å². The standard InChI is InChI=1S/C29H34ClN5OS/c30-26-20-27(34-13-11-24(12-14-34)19-23-7-3-1-4-8-23)32-29(31-26)37-22-28(36)35-17-15-33(16-18-35)21-25-9-5-2-6-10-25/h1-10,20,24H,11-19,21-22H2. The topological polar surface area (TPSA) is 52.6 Å². The molecule has 3 aromatic rings. The number of halogens is 1. The van der Waals surface area contributed by atoms with E-state index in [1.54, 1.807) is 0 Å². The van der Waals surface area contributed by atoms with Gasteiger partial charge in [0.2, 0.25) is 5.91 Å². The van der Waals surface area contributed by atoms with Crippen LogP contribution in [0.1, 0.15) is 24.0 Å². The average Bonchev–Trinajstić information content (AvgIpc) is 2.93. The Hall–Kier alpha value is -2.61. The second-order valence-electron chi connectivity index (χ2n) is 9.88. The molecule has 0 unspecified atom stereocenters. The Balaban J connectivity index is 1.08. The van der Waals surface area contributed by atoms with Gasteiger partial charge in [0, 0.05) is 51.9 Å². The molecule has 1 aromatic heterocycles. The average molecular weight is 536 g/mol. The highest BCUT2D eigenvalue weighted by atomic mass is 35.5. The van der Waals surface area contributed by atoms with Crippen LogP contribution in [0, 0.1) is 5.92 Å². The Morgan fingerprint density at radius 3 is 2.19 bits per heavy atom. The highest BCUT2D eigenvalue weighted by molar-refractivity contribution is 7.99. The lowest BCUT2D eigenvalue weighted by Gasteiger charge is -2.34. The van der Waals surface area contributed by atoms with E-state index in [1.165, 1.54) is 22.9 Å². The van der Waals surface area contributed by atoms with Gasteiger partial charge in [-0.3, -0.25) is 9.69 Å². The van der Waals surface area contributed by atoms with E-state index >= 15 is 0 Å². The second kappa shape index (κ2) is 12.8. The summed E-state index contributed by atoms with van der Waals surface area (Å²) in [5.41, 5.74) is 2.72. The fourth-order valence-electron chi connectivity index (χ4n) is 5.14. The minimum absolute atomic E-state index is 0.135. The van der Waals surface area contributed by atoms with E-state index in [1.807, 2.05) is 17.0 Å². The van der Waals surface area contributed by atoms with E-state index in [-0.39, 0.29) is 5.91 Å². The van der Waals surface area contributed by atoms with E-state index < -0.39 is 0 Å². The van der Waals surface area contributed by atoms with Crippen LogP contribution >= 0.6 is 23.4 Å². The van der Waals surface area contributed by atoms with Crippen LogP contribution in [0.3, 0.4) is 0 Å². The molecule has 1 amide bonds. The molecule has 2 aliphatic rings. The monoisotopic (exact) mass is 535 g/mol. The second-order valence-corrected chi connectivity index (χ2v) is 11.2. The lowest BCUT2D eigenvalue weighted by atomic mass is 9.90. The van der Waals surface area contributed by atoms with Crippen LogP contribution in [0.25, 0.3) is 0 Å². The highest BCUT2D eigenvalue weighted by Crippen LogP contribution is 2.28. The van der Waals surface area contributed by atoms with Crippen LogP contribution in [0.2, 0.25) is 5.15 Å². The molecule has 5 rings (SSSR count). The molecule has 194 valence electrons. The Morgan fingerprint density at radius 1 is 0.865 bits per heavy atom. The van der Waals surface area contributed by atoms with Crippen molar-refractivity contribution < 1.29 is 4.79 Å². The highest BCUT2D eigenvalue weighted by Gasteiger charge is 2.23. The summed E-state index contributed by atoms with van der Waals surface area (Å²) in [5, 5.41) is 1.01. The molecular weight excluding hydrogens is 502 g/mol. The van der Waals surface area contributed by atoms with Crippen LogP contribution in [0.5, 0.6) is 0 Å². The van der Waals surface area contributed by atoms with Gasteiger partial charge in [0.05, 0.1) is 5.75 Å². The molecule has 0 atom stereocenters. The molecule has 0 bridgehead atoms. The number of benzene rings is 2. The number of carbonyl (C=O) groups is 1. The van der Waals surface area contributed by atoms with Crippen LogP contribution in [0.15, 0.2) is 71.9 Å². The van der Waals surface area contributed by atoms with Gasteiger partial charge in [0.1, 0.15) is 11.0 Å². The van der Waals surface area contributed by atoms with Gasteiger partial charge in [-0.05, 0) is 36.3 Å². The summed E-state index contributed by atoms with van der Waals surface area (Å²) in [6.07, 6.45) is 3.39. The Kier molecular flexibility index (Phi) is 8.97. The largest absolute Gasteiger partial charge is 0.356 e. The molecule has 2 saturated heterocycles. The third-order valence-electron chi connectivity index (χ3n) is 7.27. The summed E-state index contributed by atoms with van der Waals surface area (Å²) in [7, 11) is 0. The maximum absolute atomic E-state index is 12.9. The molecular formula is C29H34ClN5OS. The number of thioether (sulfide) groups is 1. The van der Waals surface area contributed by atoms with Crippen molar-refractivity contribution in [1.29, 1.82) is 0 Å². The van der Waals surface area contributed by atoms with Gasteiger partial charge in [-0.1, -0.05) is 84.0 Å². The molecule has 37 heavy (non-hydrogen) atoms. The number of hydrogen-bond donors (Lipinski definition) is 0. The SMILES string of the molecule is O=C(CSc1nc(Cl)cc(N2CCC(Cc3ccccc3)CC2)n1)N1CCN(Cc2ccccc2)CC1. The fourth-order valence-corrected chi connectivity index (χ4v) is 6.12. The third-order valence-corrected chi connectivity index (χ3v) is 8.29. The smallest absolute Gasteiger partial charge is 0.233 e. The zero-order valence-corrected chi connectivity index (χ0v) is 22.7. The maximum Gasteiger partial charge on any atom is 0.233 e. The summed E-state index contributed by atoms with van der Waals surface area (Å²) in [6, 6.07) is 23.1. The van der Waals surface area contributed by atoms with Crippen molar-refractivity contribution in [2.75, 3.05) is 49.9 Å². The Morgan fingerprint density at radius 2 is 1.51 bits per heavy atom. The molecule has 0 aliphatic carbocycles. The third kappa shape index (κ3) is 7.46. The lowest BCUT2D eigenvalue weighted by molar-refractivity contribution is -0.130. The van der Waals surface area contributed by atoms with Crippen LogP contribution in [0.4, 0.5) is 5.82 Å². The number of hydrogen-bond acceptors (Lipinski definition) is 6. The maximum atomic E-state index is 12.9. The molecule has 2 aliphatic heterocycles. The number of anilines is 1. The number of aromatic nitrogens is 2. The van der Waals surface area contributed by atoms with E-state index in [0.29, 0.717) is 22.0 Å². The van der Waals surface area contributed by atoms with Gasteiger partial charge >= 0.3 is 0 Å². The van der Waals surface area contributed by atoms with Gasteiger partial charge in [-0.2, -0.15) is 0 Å². The molecule has 2 fully saturated rings. The number of piperazine rings is 1. The molecule has 0 spiro atoms. The van der Waals surface area contributed by atoms with Crippen molar-refractivity contribution in [1.82, 2.24) is 19.8 Å². The predicted molar refractivity (Wildman–Crippen MR) is 151 cm³/mol. The van der Waals surface area contributed by atoms with Crippen LogP contribution in [-0.4, -0.2) is 70.7 Å². The van der Waals surface area contributed by atoms with Crippen molar-refractivity contribution in [3.63, 3.8) is 0 Å². The molecule has 8 heteroatoms. The zero-order valence-electron chi connectivity index (χ0n) is 21.1. The van der Waals surface area contributed by atoms with Crippen molar-refractivity contribution in [3.05, 3.63) is 83.0 Å². The van der Waals surface area contributed by atoms with Gasteiger partial charge in [-0.15, -0.1) is 0 Å². The molecule has 0 saturated carbocycles. The van der Waals surface area contributed by atoms with E-state index in [2.05, 4.69) is 69.4 Å². The first-order chi connectivity index (χ1) is 18.1. The number of nitrogens with zero attached hydrogens (tertiary/aromatic N) is 5. The van der Waals surface area contributed by atoms with Gasteiger partial charge in [0.25, 0.3) is 0 Å². The van der Waals surface area contributed by atoms with Crippen molar-refractivity contribution >= 4 is 35.1 Å². The van der Waals surface area contributed by atoms with Crippen LogP contribution in [-0.2, 0) is 17.8 Å². The summed E-state index contributed by atoms with van der Waals surface area (Å²) in [6.45, 7) is 6.15. The molecule has 3 heterocycles. The molecule has 2 aromatic carbocycles. The molecule has 0 N–H and O–H groups in total. The summed E-state index contributed by atoms with van der Waals surface area (Å²) < 4.78 is 0. The van der Waals surface area contributed by atoms with Crippen molar-refractivity contribution in [2.45, 2.75) is 31.0 Å². The van der Waals surface area contributed by atoms with Gasteiger partial charge in [0.15, 0.2) is 5.16 Å². The summed E-state index contributed by atoms with van der Waals surface area (Å²) in [5.74, 6) is 2.02. The van der Waals surface area contributed by atoms with Gasteiger partial charge < -0.3 is 9.80 Å². The lowest BCUT2D eigenvalue weighted by Crippen LogP contribution is -2.48. The summed E-state index contributed by atoms with van der Waals surface area (Å²) in [4.78, 5) is 28.7. The minimum atomic E-state index is 0.135. The minimum Gasteiger partial charge on any atom is -0.356 e. The Labute approximate surface area is 229 Å². The zero-order chi connectivity index (χ0) is 25.5. The first-order valence-corrected chi connectivity index (χ1v) is 14.5. The summed E-state index contributed by atoms with van der Waals surface area (Å²) >= 11 is 7.74. The molecule has 0 radical (unpaired) electrons. The van der Waals surface area contributed by atoms with Crippen LogP contribution < -0.4 is 4.90 Å². The normalized spacial score (nSPS) is 17.2.